The largest absolute Gasteiger partial charge is 0.494 e. The maximum absolute atomic E-state index is 11.1. The minimum absolute atomic E-state index is 0.0920. The SMILES string of the molecule is COc1c(Cl)ccc2oc(C)c(C(=O)O)c12. The number of ether oxygens (including phenoxy) is 1. The van der Waals surface area contributed by atoms with Crippen LogP contribution in [0.2, 0.25) is 5.02 Å². The molecule has 2 rings (SSSR count). The average Bonchev–Trinajstić information content (AvgIpc) is 2.54. The highest BCUT2D eigenvalue weighted by Gasteiger charge is 2.22. The maximum atomic E-state index is 11.1. The number of hydrogen-bond acceptors (Lipinski definition) is 3. The molecule has 0 aliphatic rings. The van der Waals surface area contributed by atoms with Gasteiger partial charge in [0.15, 0.2) is 0 Å². The second-order valence-corrected chi connectivity index (χ2v) is 3.70. The van der Waals surface area contributed by atoms with E-state index in [1.54, 1.807) is 19.1 Å². The topological polar surface area (TPSA) is 59.7 Å². The molecule has 1 heterocycles. The minimum atomic E-state index is -1.06. The van der Waals surface area contributed by atoms with Crippen LogP contribution < -0.4 is 4.74 Å². The number of methoxy groups -OCH3 is 1. The molecule has 0 unspecified atom stereocenters. The number of fused-ring (bicyclic) bond motifs is 1. The van der Waals surface area contributed by atoms with Crippen molar-refractivity contribution in [2.24, 2.45) is 0 Å². The van der Waals surface area contributed by atoms with Gasteiger partial charge in [-0.3, -0.25) is 0 Å². The number of furan rings is 1. The predicted molar refractivity (Wildman–Crippen MR) is 59.5 cm³/mol. The quantitative estimate of drug-likeness (QED) is 0.876. The van der Waals surface area contributed by atoms with Crippen LogP contribution in [0.25, 0.3) is 11.0 Å². The molecule has 0 spiro atoms. The van der Waals surface area contributed by atoms with Gasteiger partial charge < -0.3 is 14.3 Å². The van der Waals surface area contributed by atoms with Crippen LogP contribution in [-0.2, 0) is 0 Å². The maximum Gasteiger partial charge on any atom is 0.340 e. The van der Waals surface area contributed by atoms with E-state index in [-0.39, 0.29) is 5.56 Å². The second kappa shape index (κ2) is 3.72. The van der Waals surface area contributed by atoms with Crippen molar-refractivity contribution >= 4 is 28.5 Å². The normalized spacial score (nSPS) is 10.7. The zero-order valence-corrected chi connectivity index (χ0v) is 9.46. The predicted octanol–water partition coefficient (Wildman–Crippen LogP) is 3.10. The van der Waals surface area contributed by atoms with Crippen molar-refractivity contribution in [3.8, 4) is 5.75 Å². The molecule has 1 aromatic heterocycles. The van der Waals surface area contributed by atoms with Crippen LogP contribution in [0, 0.1) is 6.92 Å². The number of aromatic carboxylic acids is 1. The van der Waals surface area contributed by atoms with Gasteiger partial charge in [0.05, 0.1) is 17.5 Å². The van der Waals surface area contributed by atoms with Crippen molar-refractivity contribution in [2.45, 2.75) is 6.92 Å². The number of halogens is 1. The van der Waals surface area contributed by atoms with Gasteiger partial charge in [-0.25, -0.2) is 4.79 Å². The van der Waals surface area contributed by atoms with Gasteiger partial charge in [0.1, 0.15) is 22.7 Å². The summed E-state index contributed by atoms with van der Waals surface area (Å²) in [5.74, 6) is -0.395. The van der Waals surface area contributed by atoms with E-state index < -0.39 is 5.97 Å². The molecule has 0 aliphatic heterocycles. The van der Waals surface area contributed by atoms with Gasteiger partial charge >= 0.3 is 5.97 Å². The number of aryl methyl sites for hydroxylation is 1. The number of carboxylic acids is 1. The first-order chi connectivity index (χ1) is 7.56. The van der Waals surface area contributed by atoms with Crippen molar-refractivity contribution < 1.29 is 19.1 Å². The van der Waals surface area contributed by atoms with E-state index in [1.807, 2.05) is 0 Å². The van der Waals surface area contributed by atoms with Crippen molar-refractivity contribution in [3.05, 3.63) is 28.5 Å². The Kier molecular flexibility index (Phi) is 2.52. The van der Waals surface area contributed by atoms with Crippen molar-refractivity contribution in [2.75, 3.05) is 7.11 Å². The van der Waals surface area contributed by atoms with Gasteiger partial charge in [0.2, 0.25) is 0 Å². The van der Waals surface area contributed by atoms with E-state index in [4.69, 9.17) is 25.9 Å². The zero-order valence-electron chi connectivity index (χ0n) is 8.70. The van der Waals surface area contributed by atoms with Crippen molar-refractivity contribution in [1.82, 2.24) is 0 Å². The Morgan fingerprint density at radius 1 is 1.50 bits per heavy atom. The summed E-state index contributed by atoms with van der Waals surface area (Å²) in [6, 6.07) is 3.23. The second-order valence-electron chi connectivity index (χ2n) is 3.29. The first-order valence-electron chi connectivity index (χ1n) is 4.55. The molecule has 0 fully saturated rings. The first kappa shape index (κ1) is 10.8. The van der Waals surface area contributed by atoms with E-state index in [9.17, 15) is 4.79 Å². The standard InChI is InChI=1S/C11H9ClO4/c1-5-8(11(13)14)9-7(16-5)4-3-6(12)10(9)15-2/h3-4H,1-2H3,(H,13,14). The van der Waals surface area contributed by atoms with E-state index in [2.05, 4.69) is 0 Å². The van der Waals surface area contributed by atoms with Crippen LogP contribution in [0.5, 0.6) is 5.75 Å². The van der Waals surface area contributed by atoms with Crippen LogP contribution in [0.3, 0.4) is 0 Å². The third kappa shape index (κ3) is 1.42. The molecule has 0 bridgehead atoms. The summed E-state index contributed by atoms with van der Waals surface area (Å²) in [7, 11) is 1.44. The summed E-state index contributed by atoms with van der Waals surface area (Å²) < 4.78 is 10.4. The summed E-state index contributed by atoms with van der Waals surface area (Å²) in [5, 5.41) is 9.87. The molecule has 84 valence electrons. The Bertz CT molecular complexity index is 571. The number of carboxylic acid groups (broad SMARTS) is 1. The Morgan fingerprint density at radius 3 is 2.75 bits per heavy atom. The van der Waals surface area contributed by atoms with Gasteiger partial charge in [-0.05, 0) is 19.1 Å². The van der Waals surface area contributed by atoms with Crippen LogP contribution in [0.1, 0.15) is 16.1 Å². The van der Waals surface area contributed by atoms with E-state index in [1.165, 1.54) is 7.11 Å². The lowest BCUT2D eigenvalue weighted by atomic mass is 10.1. The fourth-order valence-corrected chi connectivity index (χ4v) is 1.94. The van der Waals surface area contributed by atoms with E-state index >= 15 is 0 Å². The van der Waals surface area contributed by atoms with Crippen LogP contribution in [0.15, 0.2) is 16.5 Å². The van der Waals surface area contributed by atoms with Crippen molar-refractivity contribution in [1.29, 1.82) is 0 Å². The van der Waals surface area contributed by atoms with Crippen molar-refractivity contribution in [3.63, 3.8) is 0 Å². The van der Waals surface area contributed by atoms with Gasteiger partial charge in [-0.1, -0.05) is 11.6 Å². The summed E-state index contributed by atoms with van der Waals surface area (Å²) in [5.41, 5.74) is 0.547. The lowest BCUT2D eigenvalue weighted by Gasteiger charge is -2.04. The molecule has 0 radical (unpaired) electrons. The molecule has 4 nitrogen and oxygen atoms in total. The van der Waals surface area contributed by atoms with Gasteiger partial charge in [-0.2, -0.15) is 0 Å². The average molecular weight is 241 g/mol. The third-order valence-corrected chi connectivity index (χ3v) is 2.65. The lowest BCUT2D eigenvalue weighted by Crippen LogP contribution is -1.98. The Labute approximate surface area is 96.4 Å². The van der Waals surface area contributed by atoms with Crippen LogP contribution in [0.4, 0.5) is 0 Å². The number of benzene rings is 1. The number of hydrogen-bond donors (Lipinski definition) is 1. The molecule has 1 aromatic carbocycles. The highest BCUT2D eigenvalue weighted by atomic mass is 35.5. The fraction of sp³-hybridized carbons (Fsp3) is 0.182. The monoisotopic (exact) mass is 240 g/mol. The molecule has 0 saturated heterocycles. The highest BCUT2D eigenvalue weighted by Crippen LogP contribution is 2.38. The summed E-state index contributed by atoms with van der Waals surface area (Å²) in [4.78, 5) is 11.1. The smallest absolute Gasteiger partial charge is 0.340 e. The molecule has 5 heteroatoms. The Hall–Kier alpha value is -1.68. The molecular formula is C11H9ClO4. The first-order valence-corrected chi connectivity index (χ1v) is 4.93. The minimum Gasteiger partial charge on any atom is -0.494 e. The Morgan fingerprint density at radius 2 is 2.19 bits per heavy atom. The van der Waals surface area contributed by atoms with Crippen LogP contribution in [-0.4, -0.2) is 18.2 Å². The van der Waals surface area contributed by atoms with Gasteiger partial charge in [0, 0.05) is 0 Å². The molecule has 0 saturated carbocycles. The fourth-order valence-electron chi connectivity index (χ4n) is 1.71. The van der Waals surface area contributed by atoms with E-state index in [0.29, 0.717) is 27.5 Å². The van der Waals surface area contributed by atoms with Gasteiger partial charge in [0.25, 0.3) is 0 Å². The summed E-state index contributed by atoms with van der Waals surface area (Å²) in [6.45, 7) is 1.59. The number of rotatable bonds is 2. The molecule has 2 aromatic rings. The number of carbonyl (C=O) groups is 1. The molecule has 16 heavy (non-hydrogen) atoms. The molecule has 1 N–H and O–H groups in total. The molecular weight excluding hydrogens is 232 g/mol. The summed E-state index contributed by atoms with van der Waals surface area (Å²) >= 11 is 5.93. The molecule has 0 aliphatic carbocycles. The zero-order chi connectivity index (χ0) is 11.9. The molecule has 0 atom stereocenters. The molecule has 0 amide bonds. The highest BCUT2D eigenvalue weighted by molar-refractivity contribution is 6.33. The summed E-state index contributed by atoms with van der Waals surface area (Å²) in [6.07, 6.45) is 0. The van der Waals surface area contributed by atoms with E-state index in [0.717, 1.165) is 0 Å². The third-order valence-electron chi connectivity index (χ3n) is 2.35. The lowest BCUT2D eigenvalue weighted by molar-refractivity contribution is 0.0696. The van der Waals surface area contributed by atoms with Crippen LogP contribution >= 0.6 is 11.6 Å². The van der Waals surface area contributed by atoms with Gasteiger partial charge in [-0.15, -0.1) is 0 Å². The Balaban J connectivity index is 2.94.